The van der Waals surface area contributed by atoms with Crippen LogP contribution < -0.4 is 9.47 Å². The van der Waals surface area contributed by atoms with Crippen LogP contribution in [0.25, 0.3) is 0 Å². The first-order chi connectivity index (χ1) is 10.5. The Hall–Kier alpha value is -2.69. The number of rotatable bonds is 2. The summed E-state index contributed by atoms with van der Waals surface area (Å²) in [6.45, 7) is 1.65. The lowest BCUT2D eigenvalue weighted by Gasteiger charge is -2.27. The van der Waals surface area contributed by atoms with E-state index in [0.29, 0.717) is 5.56 Å². The molecule has 1 atom stereocenters. The highest BCUT2D eigenvalue weighted by Gasteiger charge is 2.32. The SMILES string of the molecule is COc1ccc(C2CC(=O)c3c(O)cc(O)c(C)c3O2)cc1. The number of methoxy groups -OCH3 is 1. The van der Waals surface area contributed by atoms with Crippen LogP contribution >= 0.6 is 0 Å². The molecule has 1 aliphatic rings. The number of hydrogen-bond donors (Lipinski definition) is 2. The van der Waals surface area contributed by atoms with E-state index in [0.717, 1.165) is 11.3 Å². The molecule has 2 aromatic carbocycles. The van der Waals surface area contributed by atoms with Gasteiger partial charge in [-0.3, -0.25) is 4.79 Å². The molecule has 22 heavy (non-hydrogen) atoms. The lowest BCUT2D eigenvalue weighted by molar-refractivity contribution is 0.0843. The highest BCUT2D eigenvalue weighted by molar-refractivity contribution is 6.03. The van der Waals surface area contributed by atoms with Gasteiger partial charge in [0, 0.05) is 11.6 Å². The average molecular weight is 300 g/mol. The third-order valence-electron chi connectivity index (χ3n) is 3.88. The Balaban J connectivity index is 2.01. The fourth-order valence-corrected chi connectivity index (χ4v) is 2.61. The van der Waals surface area contributed by atoms with Gasteiger partial charge < -0.3 is 19.7 Å². The van der Waals surface area contributed by atoms with Gasteiger partial charge in [-0.1, -0.05) is 12.1 Å². The van der Waals surface area contributed by atoms with Gasteiger partial charge in [0.05, 0.1) is 13.5 Å². The minimum absolute atomic E-state index is 0.0977. The van der Waals surface area contributed by atoms with Gasteiger partial charge in [-0.15, -0.1) is 0 Å². The lowest BCUT2D eigenvalue weighted by Crippen LogP contribution is -2.21. The molecule has 0 amide bonds. The van der Waals surface area contributed by atoms with Crippen LogP contribution in [0, 0.1) is 6.92 Å². The second-order valence-corrected chi connectivity index (χ2v) is 5.25. The number of fused-ring (bicyclic) bond motifs is 1. The van der Waals surface area contributed by atoms with Crippen molar-refractivity contribution in [1.29, 1.82) is 0 Å². The van der Waals surface area contributed by atoms with Crippen molar-refractivity contribution in [2.45, 2.75) is 19.4 Å². The highest BCUT2D eigenvalue weighted by atomic mass is 16.5. The molecule has 0 fully saturated rings. The van der Waals surface area contributed by atoms with E-state index in [2.05, 4.69) is 0 Å². The van der Waals surface area contributed by atoms with Gasteiger partial charge in [-0.2, -0.15) is 0 Å². The molecule has 5 heteroatoms. The minimum Gasteiger partial charge on any atom is -0.507 e. The summed E-state index contributed by atoms with van der Waals surface area (Å²) in [6.07, 6.45) is -0.317. The van der Waals surface area contributed by atoms with Crippen LogP contribution in [0.2, 0.25) is 0 Å². The van der Waals surface area contributed by atoms with Crippen LogP contribution in [0.1, 0.15) is 34.0 Å². The van der Waals surface area contributed by atoms with Crippen molar-refractivity contribution in [1.82, 2.24) is 0 Å². The Morgan fingerprint density at radius 2 is 1.86 bits per heavy atom. The molecule has 0 aromatic heterocycles. The number of ether oxygens (including phenoxy) is 2. The van der Waals surface area contributed by atoms with E-state index in [4.69, 9.17) is 9.47 Å². The van der Waals surface area contributed by atoms with Crippen molar-refractivity contribution < 1.29 is 24.5 Å². The Morgan fingerprint density at radius 3 is 2.50 bits per heavy atom. The van der Waals surface area contributed by atoms with Crippen LogP contribution in [-0.4, -0.2) is 23.1 Å². The van der Waals surface area contributed by atoms with Gasteiger partial charge in [-0.05, 0) is 24.6 Å². The summed E-state index contributed by atoms with van der Waals surface area (Å²) in [7, 11) is 1.58. The highest BCUT2D eigenvalue weighted by Crippen LogP contribution is 2.44. The largest absolute Gasteiger partial charge is 0.507 e. The number of benzene rings is 2. The molecule has 114 valence electrons. The van der Waals surface area contributed by atoms with E-state index >= 15 is 0 Å². The Kier molecular flexibility index (Phi) is 3.41. The predicted octanol–water partition coefficient (Wildman–Crippen LogP) is 3.12. The summed E-state index contributed by atoms with van der Waals surface area (Å²) < 4.78 is 11.0. The van der Waals surface area contributed by atoms with Gasteiger partial charge in [0.15, 0.2) is 5.78 Å². The average Bonchev–Trinajstić information content (AvgIpc) is 2.52. The fourth-order valence-electron chi connectivity index (χ4n) is 2.61. The number of carbonyl (C=O) groups is 1. The summed E-state index contributed by atoms with van der Waals surface area (Å²) in [5, 5.41) is 19.7. The molecule has 2 aromatic rings. The maximum atomic E-state index is 12.3. The molecule has 1 unspecified atom stereocenters. The van der Waals surface area contributed by atoms with Gasteiger partial charge in [0.1, 0.15) is 34.7 Å². The van der Waals surface area contributed by atoms with Crippen molar-refractivity contribution in [2.75, 3.05) is 7.11 Å². The van der Waals surface area contributed by atoms with E-state index in [9.17, 15) is 15.0 Å². The Morgan fingerprint density at radius 1 is 1.18 bits per heavy atom. The topological polar surface area (TPSA) is 76.0 Å². The van der Waals surface area contributed by atoms with Crippen molar-refractivity contribution in [3.63, 3.8) is 0 Å². The number of ketones is 1. The molecule has 5 nitrogen and oxygen atoms in total. The standard InChI is InChI=1S/C17H16O5/c1-9-12(18)7-13(19)16-14(20)8-15(22-17(9)16)10-3-5-11(21-2)6-4-10/h3-7,15,18-19H,8H2,1-2H3. The van der Waals surface area contributed by atoms with Crippen molar-refractivity contribution >= 4 is 5.78 Å². The Bertz CT molecular complexity index is 734. The first-order valence-corrected chi connectivity index (χ1v) is 6.90. The van der Waals surface area contributed by atoms with Crippen LogP contribution in [0.5, 0.6) is 23.0 Å². The van der Waals surface area contributed by atoms with Gasteiger partial charge in [0.2, 0.25) is 0 Å². The van der Waals surface area contributed by atoms with Gasteiger partial charge in [-0.25, -0.2) is 0 Å². The third kappa shape index (κ3) is 2.24. The predicted molar refractivity (Wildman–Crippen MR) is 79.8 cm³/mol. The molecule has 1 heterocycles. The molecule has 0 spiro atoms. The molecule has 2 N–H and O–H groups in total. The quantitative estimate of drug-likeness (QED) is 0.891. The van der Waals surface area contributed by atoms with Crippen LogP contribution in [-0.2, 0) is 0 Å². The molecule has 0 bridgehead atoms. The van der Waals surface area contributed by atoms with Crippen molar-refractivity contribution in [3.05, 3.63) is 47.0 Å². The maximum absolute atomic E-state index is 12.3. The normalized spacial score (nSPS) is 16.8. The molecule has 0 saturated carbocycles. The van der Waals surface area contributed by atoms with E-state index < -0.39 is 6.10 Å². The molecule has 0 saturated heterocycles. The first kappa shape index (κ1) is 14.3. The van der Waals surface area contributed by atoms with Crippen molar-refractivity contribution in [3.8, 4) is 23.0 Å². The summed E-state index contributed by atoms with van der Waals surface area (Å²) in [5.41, 5.74) is 1.42. The zero-order valence-electron chi connectivity index (χ0n) is 12.3. The first-order valence-electron chi connectivity index (χ1n) is 6.90. The molecular weight excluding hydrogens is 284 g/mol. The zero-order valence-corrected chi connectivity index (χ0v) is 12.3. The fraction of sp³-hybridized carbons (Fsp3) is 0.235. The van der Waals surface area contributed by atoms with E-state index in [1.165, 1.54) is 6.07 Å². The second-order valence-electron chi connectivity index (χ2n) is 5.25. The van der Waals surface area contributed by atoms with E-state index in [1.54, 1.807) is 26.2 Å². The maximum Gasteiger partial charge on any atom is 0.174 e. The summed E-state index contributed by atoms with van der Waals surface area (Å²) >= 11 is 0. The third-order valence-corrected chi connectivity index (χ3v) is 3.88. The van der Waals surface area contributed by atoms with E-state index in [-0.39, 0.29) is 35.0 Å². The second kappa shape index (κ2) is 5.26. The minimum atomic E-state index is -0.453. The zero-order chi connectivity index (χ0) is 15.9. The van der Waals surface area contributed by atoms with Gasteiger partial charge in [0.25, 0.3) is 0 Å². The number of hydrogen-bond acceptors (Lipinski definition) is 5. The summed E-state index contributed by atoms with van der Waals surface area (Å²) in [4.78, 5) is 12.3. The van der Waals surface area contributed by atoms with Crippen LogP contribution in [0.4, 0.5) is 0 Å². The van der Waals surface area contributed by atoms with E-state index in [1.807, 2.05) is 12.1 Å². The summed E-state index contributed by atoms with van der Waals surface area (Å²) in [5.74, 6) is 0.408. The monoisotopic (exact) mass is 300 g/mol. The number of phenols is 2. The molecular formula is C17H16O5. The number of aromatic hydroxyl groups is 2. The smallest absolute Gasteiger partial charge is 0.174 e. The van der Waals surface area contributed by atoms with Crippen LogP contribution in [0.3, 0.4) is 0 Å². The van der Waals surface area contributed by atoms with Gasteiger partial charge >= 0.3 is 0 Å². The number of phenolic OH excluding ortho intramolecular Hbond substituents is 2. The summed E-state index contributed by atoms with van der Waals surface area (Å²) in [6, 6.07) is 8.43. The lowest BCUT2D eigenvalue weighted by atomic mass is 9.93. The molecule has 1 aliphatic heterocycles. The molecule has 0 aliphatic carbocycles. The number of Topliss-reactive ketones (excluding diaryl/α,β-unsaturated/α-hetero) is 1. The molecule has 0 radical (unpaired) electrons. The molecule has 3 rings (SSSR count). The number of carbonyl (C=O) groups excluding carboxylic acids is 1. The van der Waals surface area contributed by atoms with Crippen molar-refractivity contribution in [2.24, 2.45) is 0 Å². The van der Waals surface area contributed by atoms with Crippen LogP contribution in [0.15, 0.2) is 30.3 Å². The Labute approximate surface area is 127 Å².